The van der Waals surface area contributed by atoms with Gasteiger partial charge in [0, 0.05) is 25.6 Å². The van der Waals surface area contributed by atoms with E-state index in [4.69, 9.17) is 0 Å². The topological polar surface area (TPSA) is 32.3 Å². The highest BCUT2D eigenvalue weighted by atomic mass is 16.1. The molecule has 3 heteroatoms. The predicted octanol–water partition coefficient (Wildman–Crippen LogP) is 2.65. The largest absolute Gasteiger partial charge is 0.352 e. The molecule has 1 amide bonds. The molecule has 2 aromatic rings. The molecule has 3 nitrogen and oxygen atoms in total. The lowest BCUT2D eigenvalue weighted by Crippen LogP contribution is -2.34. The fourth-order valence-electron chi connectivity index (χ4n) is 3.22. The molecular formula is C19H22N2O. The van der Waals surface area contributed by atoms with Crippen LogP contribution in [0.15, 0.2) is 60.7 Å². The molecule has 2 aromatic carbocycles. The van der Waals surface area contributed by atoms with Crippen LogP contribution in [-0.2, 0) is 11.3 Å². The summed E-state index contributed by atoms with van der Waals surface area (Å²) in [6, 6.07) is 20.4. The first-order valence-corrected chi connectivity index (χ1v) is 7.79. The smallest absolute Gasteiger partial charge is 0.225 e. The molecular weight excluding hydrogens is 272 g/mol. The average molecular weight is 294 g/mol. The molecule has 2 atom stereocenters. The van der Waals surface area contributed by atoms with Gasteiger partial charge in [0.05, 0.1) is 5.92 Å². The van der Waals surface area contributed by atoms with E-state index >= 15 is 0 Å². The Labute approximate surface area is 132 Å². The standard InChI is InChI=1S/C19H22N2O/c1-21-13-17(16-10-6-3-7-11-16)18(14-21)19(22)20-12-15-8-4-2-5-9-15/h2-11,17-18H,12-14H2,1H3,(H,20,22)/t17-,18+/m1/s1. The quantitative estimate of drug-likeness (QED) is 0.940. The van der Waals surface area contributed by atoms with Gasteiger partial charge in [-0.05, 0) is 18.2 Å². The molecule has 1 aliphatic rings. The Bertz CT molecular complexity index is 612. The maximum atomic E-state index is 12.6. The molecule has 1 N–H and O–H groups in total. The van der Waals surface area contributed by atoms with Gasteiger partial charge in [-0.25, -0.2) is 0 Å². The van der Waals surface area contributed by atoms with Crippen molar-refractivity contribution in [3.63, 3.8) is 0 Å². The van der Waals surface area contributed by atoms with Crippen molar-refractivity contribution in [3.05, 3.63) is 71.8 Å². The van der Waals surface area contributed by atoms with Crippen LogP contribution < -0.4 is 5.32 Å². The van der Waals surface area contributed by atoms with Gasteiger partial charge >= 0.3 is 0 Å². The molecule has 0 saturated carbocycles. The number of carbonyl (C=O) groups excluding carboxylic acids is 1. The third-order valence-corrected chi connectivity index (χ3v) is 4.38. The van der Waals surface area contributed by atoms with Crippen LogP contribution in [0.3, 0.4) is 0 Å². The van der Waals surface area contributed by atoms with E-state index in [1.54, 1.807) is 0 Å². The number of rotatable bonds is 4. The first-order chi connectivity index (χ1) is 10.7. The third-order valence-electron chi connectivity index (χ3n) is 4.38. The average Bonchev–Trinajstić information content (AvgIpc) is 2.96. The molecule has 1 fully saturated rings. The molecule has 114 valence electrons. The van der Waals surface area contributed by atoms with Crippen molar-refractivity contribution < 1.29 is 4.79 Å². The summed E-state index contributed by atoms with van der Waals surface area (Å²) in [5.74, 6) is 0.458. The number of likely N-dealkylation sites (N-methyl/N-ethyl adjacent to an activating group) is 1. The van der Waals surface area contributed by atoms with E-state index in [2.05, 4.69) is 29.4 Å². The molecule has 22 heavy (non-hydrogen) atoms. The lowest BCUT2D eigenvalue weighted by molar-refractivity contribution is -0.125. The second-order valence-electron chi connectivity index (χ2n) is 6.05. The number of amides is 1. The Hall–Kier alpha value is -2.13. The summed E-state index contributed by atoms with van der Waals surface area (Å²) < 4.78 is 0. The zero-order valence-electron chi connectivity index (χ0n) is 12.9. The molecule has 0 spiro atoms. The number of hydrogen-bond donors (Lipinski definition) is 1. The highest BCUT2D eigenvalue weighted by Crippen LogP contribution is 2.31. The van der Waals surface area contributed by atoms with Crippen LogP contribution in [0, 0.1) is 5.92 Å². The van der Waals surface area contributed by atoms with Crippen molar-refractivity contribution in [1.82, 2.24) is 10.2 Å². The lowest BCUT2D eigenvalue weighted by atomic mass is 9.88. The molecule has 1 aliphatic heterocycles. The van der Waals surface area contributed by atoms with Gasteiger partial charge in [0.2, 0.25) is 5.91 Å². The summed E-state index contributed by atoms with van der Waals surface area (Å²) in [7, 11) is 2.08. The number of likely N-dealkylation sites (tertiary alicyclic amines) is 1. The highest BCUT2D eigenvalue weighted by molar-refractivity contribution is 5.80. The molecule has 1 saturated heterocycles. The molecule has 0 radical (unpaired) electrons. The van der Waals surface area contributed by atoms with Crippen LogP contribution in [-0.4, -0.2) is 30.9 Å². The summed E-state index contributed by atoms with van der Waals surface area (Å²) in [6.07, 6.45) is 0. The monoisotopic (exact) mass is 294 g/mol. The second kappa shape index (κ2) is 6.75. The van der Waals surface area contributed by atoms with Crippen molar-refractivity contribution in [2.75, 3.05) is 20.1 Å². The van der Waals surface area contributed by atoms with E-state index in [1.165, 1.54) is 5.56 Å². The van der Waals surface area contributed by atoms with Gasteiger partial charge in [-0.1, -0.05) is 60.7 Å². The van der Waals surface area contributed by atoms with E-state index < -0.39 is 0 Å². The number of carbonyl (C=O) groups is 1. The first-order valence-electron chi connectivity index (χ1n) is 7.79. The van der Waals surface area contributed by atoms with Crippen molar-refractivity contribution >= 4 is 5.91 Å². The lowest BCUT2D eigenvalue weighted by Gasteiger charge is -2.18. The van der Waals surface area contributed by atoms with Crippen LogP contribution in [0.25, 0.3) is 0 Å². The Morgan fingerprint density at radius 3 is 2.36 bits per heavy atom. The van der Waals surface area contributed by atoms with Crippen molar-refractivity contribution in [2.45, 2.75) is 12.5 Å². The maximum absolute atomic E-state index is 12.6. The highest BCUT2D eigenvalue weighted by Gasteiger charge is 2.36. The van der Waals surface area contributed by atoms with Crippen LogP contribution in [0.5, 0.6) is 0 Å². The third kappa shape index (κ3) is 3.37. The summed E-state index contributed by atoms with van der Waals surface area (Å²) in [5.41, 5.74) is 2.39. The van der Waals surface area contributed by atoms with Crippen molar-refractivity contribution in [2.24, 2.45) is 5.92 Å². The van der Waals surface area contributed by atoms with Gasteiger partial charge in [-0.2, -0.15) is 0 Å². The minimum Gasteiger partial charge on any atom is -0.352 e. The fraction of sp³-hybridized carbons (Fsp3) is 0.316. The summed E-state index contributed by atoms with van der Waals surface area (Å²) in [5, 5.41) is 3.10. The summed E-state index contributed by atoms with van der Waals surface area (Å²) in [6.45, 7) is 2.36. The Balaban J connectivity index is 1.67. The van der Waals surface area contributed by atoms with E-state index in [-0.39, 0.29) is 17.7 Å². The van der Waals surface area contributed by atoms with Gasteiger partial charge in [0.15, 0.2) is 0 Å². The molecule has 0 aliphatic carbocycles. The van der Waals surface area contributed by atoms with Crippen molar-refractivity contribution in [1.29, 1.82) is 0 Å². The van der Waals surface area contributed by atoms with E-state index in [9.17, 15) is 4.79 Å². The minimum absolute atomic E-state index is 0.0242. The molecule has 3 rings (SSSR count). The molecule has 1 heterocycles. The van der Waals surface area contributed by atoms with E-state index in [0.717, 1.165) is 18.7 Å². The van der Waals surface area contributed by atoms with E-state index in [0.29, 0.717) is 6.54 Å². The predicted molar refractivity (Wildman–Crippen MR) is 88.5 cm³/mol. The van der Waals surface area contributed by atoms with Crippen molar-refractivity contribution in [3.8, 4) is 0 Å². The number of nitrogens with zero attached hydrogens (tertiary/aromatic N) is 1. The Kier molecular flexibility index (Phi) is 4.54. The zero-order valence-corrected chi connectivity index (χ0v) is 12.9. The van der Waals surface area contributed by atoms with Gasteiger partial charge in [-0.15, -0.1) is 0 Å². The Morgan fingerprint density at radius 2 is 1.68 bits per heavy atom. The fourth-order valence-corrected chi connectivity index (χ4v) is 3.22. The molecule has 0 unspecified atom stereocenters. The number of hydrogen-bond acceptors (Lipinski definition) is 2. The van der Waals surface area contributed by atoms with Gasteiger partial charge < -0.3 is 10.2 Å². The number of nitrogens with one attached hydrogen (secondary N) is 1. The maximum Gasteiger partial charge on any atom is 0.225 e. The zero-order chi connectivity index (χ0) is 15.4. The summed E-state index contributed by atoms with van der Waals surface area (Å²) in [4.78, 5) is 14.9. The second-order valence-corrected chi connectivity index (χ2v) is 6.05. The van der Waals surface area contributed by atoms with Gasteiger partial charge in [-0.3, -0.25) is 4.79 Å². The normalized spacial score (nSPS) is 21.7. The van der Waals surface area contributed by atoms with Crippen LogP contribution >= 0.6 is 0 Å². The first kappa shape index (κ1) is 14.8. The SMILES string of the molecule is CN1C[C@H](C(=O)NCc2ccccc2)[C@@H](c2ccccc2)C1. The Morgan fingerprint density at radius 1 is 1.05 bits per heavy atom. The molecule has 0 bridgehead atoms. The molecule has 0 aromatic heterocycles. The number of benzene rings is 2. The van der Waals surface area contributed by atoms with Gasteiger partial charge in [0.1, 0.15) is 0 Å². The van der Waals surface area contributed by atoms with Crippen LogP contribution in [0.4, 0.5) is 0 Å². The van der Waals surface area contributed by atoms with Crippen LogP contribution in [0.1, 0.15) is 17.0 Å². The van der Waals surface area contributed by atoms with Crippen LogP contribution in [0.2, 0.25) is 0 Å². The summed E-state index contributed by atoms with van der Waals surface area (Å²) >= 11 is 0. The van der Waals surface area contributed by atoms with Gasteiger partial charge in [0.25, 0.3) is 0 Å². The van der Waals surface area contributed by atoms with E-state index in [1.807, 2.05) is 48.5 Å². The minimum atomic E-state index is 0.0242.